The first-order valence-electron chi connectivity index (χ1n) is 7.79. The standard InChI is InChI=1S/C16H28N2O3/c1-5-7-10(3)14(17-11(4)19)15-12(8-6-2)9-13(18-15)16(20)21/h6,8,10,12-15,18H,5,7,9H2,1-4H3,(H,17,19)(H,20,21)/b8-6-. The smallest absolute Gasteiger partial charge is 0.320 e. The fraction of sp³-hybridized carbons (Fsp3) is 0.750. The van der Waals surface area contributed by atoms with Crippen molar-refractivity contribution in [1.29, 1.82) is 0 Å². The Labute approximate surface area is 127 Å². The van der Waals surface area contributed by atoms with Crippen LogP contribution in [-0.4, -0.2) is 35.1 Å². The molecule has 1 heterocycles. The molecular formula is C16H28N2O3. The Balaban J connectivity index is 2.95. The summed E-state index contributed by atoms with van der Waals surface area (Å²) in [4.78, 5) is 22.8. The minimum absolute atomic E-state index is 0.0345. The van der Waals surface area contributed by atoms with E-state index in [2.05, 4.69) is 24.5 Å². The molecule has 5 heteroatoms. The van der Waals surface area contributed by atoms with Gasteiger partial charge >= 0.3 is 5.97 Å². The van der Waals surface area contributed by atoms with Gasteiger partial charge in [-0.1, -0.05) is 32.4 Å². The fourth-order valence-electron chi connectivity index (χ4n) is 3.29. The molecule has 21 heavy (non-hydrogen) atoms. The quantitative estimate of drug-likeness (QED) is 0.627. The summed E-state index contributed by atoms with van der Waals surface area (Å²) in [7, 11) is 0. The van der Waals surface area contributed by atoms with Gasteiger partial charge < -0.3 is 10.4 Å². The molecule has 5 atom stereocenters. The average molecular weight is 296 g/mol. The highest BCUT2D eigenvalue weighted by atomic mass is 16.4. The highest BCUT2D eigenvalue weighted by Gasteiger charge is 2.41. The summed E-state index contributed by atoms with van der Waals surface area (Å²) in [5.41, 5.74) is 0. The van der Waals surface area contributed by atoms with Gasteiger partial charge in [-0.05, 0) is 31.6 Å². The van der Waals surface area contributed by atoms with E-state index in [1.807, 2.05) is 19.1 Å². The largest absolute Gasteiger partial charge is 0.480 e. The van der Waals surface area contributed by atoms with Gasteiger partial charge in [0.1, 0.15) is 6.04 Å². The van der Waals surface area contributed by atoms with Crippen molar-refractivity contribution in [3.63, 3.8) is 0 Å². The zero-order valence-corrected chi connectivity index (χ0v) is 13.4. The van der Waals surface area contributed by atoms with Crippen LogP contribution in [0, 0.1) is 11.8 Å². The van der Waals surface area contributed by atoms with Crippen LogP contribution < -0.4 is 10.6 Å². The number of carboxylic acids is 1. The van der Waals surface area contributed by atoms with Crippen LogP contribution in [-0.2, 0) is 9.59 Å². The number of carboxylic acid groups (broad SMARTS) is 1. The maximum atomic E-state index is 11.5. The van der Waals surface area contributed by atoms with E-state index in [1.54, 1.807) is 0 Å². The Morgan fingerprint density at radius 1 is 1.48 bits per heavy atom. The van der Waals surface area contributed by atoms with Crippen molar-refractivity contribution in [3.8, 4) is 0 Å². The highest BCUT2D eigenvalue weighted by Crippen LogP contribution is 2.28. The van der Waals surface area contributed by atoms with Crippen LogP contribution in [0.1, 0.15) is 47.0 Å². The lowest BCUT2D eigenvalue weighted by atomic mass is 9.84. The van der Waals surface area contributed by atoms with E-state index >= 15 is 0 Å². The van der Waals surface area contributed by atoms with Crippen molar-refractivity contribution in [1.82, 2.24) is 10.6 Å². The maximum absolute atomic E-state index is 11.5. The van der Waals surface area contributed by atoms with Crippen LogP contribution >= 0.6 is 0 Å². The summed E-state index contributed by atoms with van der Waals surface area (Å²) < 4.78 is 0. The molecule has 5 nitrogen and oxygen atoms in total. The zero-order valence-electron chi connectivity index (χ0n) is 13.4. The molecule has 0 bridgehead atoms. The van der Waals surface area contributed by atoms with E-state index in [1.165, 1.54) is 6.92 Å². The topological polar surface area (TPSA) is 78.4 Å². The van der Waals surface area contributed by atoms with E-state index in [9.17, 15) is 14.7 Å². The number of rotatable bonds is 7. The van der Waals surface area contributed by atoms with Crippen LogP contribution in [0.4, 0.5) is 0 Å². The maximum Gasteiger partial charge on any atom is 0.320 e. The minimum atomic E-state index is -0.822. The average Bonchev–Trinajstić information content (AvgIpc) is 2.80. The molecule has 5 unspecified atom stereocenters. The van der Waals surface area contributed by atoms with Gasteiger partial charge in [-0.3, -0.25) is 14.9 Å². The first kappa shape index (κ1) is 17.7. The van der Waals surface area contributed by atoms with Gasteiger partial charge in [0, 0.05) is 19.0 Å². The third-order valence-corrected chi connectivity index (χ3v) is 4.21. The summed E-state index contributed by atoms with van der Waals surface area (Å²) >= 11 is 0. The molecule has 1 saturated heterocycles. The van der Waals surface area contributed by atoms with E-state index < -0.39 is 12.0 Å². The number of aliphatic carboxylic acids is 1. The van der Waals surface area contributed by atoms with Gasteiger partial charge in [0.25, 0.3) is 0 Å². The molecular weight excluding hydrogens is 268 g/mol. The van der Waals surface area contributed by atoms with Gasteiger partial charge in [0.15, 0.2) is 0 Å². The van der Waals surface area contributed by atoms with Crippen LogP contribution in [0.25, 0.3) is 0 Å². The summed E-state index contributed by atoms with van der Waals surface area (Å²) in [6.07, 6.45) is 6.62. The lowest BCUT2D eigenvalue weighted by molar-refractivity contribution is -0.139. The molecule has 0 spiro atoms. The molecule has 3 N–H and O–H groups in total. The third-order valence-electron chi connectivity index (χ3n) is 4.21. The summed E-state index contributed by atoms with van der Waals surface area (Å²) in [6.45, 7) is 7.69. The molecule has 0 aliphatic carbocycles. The van der Waals surface area contributed by atoms with Gasteiger partial charge in [-0.2, -0.15) is 0 Å². The number of carbonyl (C=O) groups excluding carboxylic acids is 1. The Morgan fingerprint density at radius 3 is 2.62 bits per heavy atom. The first-order valence-corrected chi connectivity index (χ1v) is 7.79. The third kappa shape index (κ3) is 4.84. The Hall–Kier alpha value is -1.36. The van der Waals surface area contributed by atoms with Crippen molar-refractivity contribution in [2.24, 2.45) is 11.8 Å². The van der Waals surface area contributed by atoms with Gasteiger partial charge in [-0.25, -0.2) is 0 Å². The predicted octanol–water partition coefficient (Wildman–Crippen LogP) is 1.93. The van der Waals surface area contributed by atoms with Gasteiger partial charge in [0.05, 0.1) is 0 Å². The fourth-order valence-corrected chi connectivity index (χ4v) is 3.29. The zero-order chi connectivity index (χ0) is 16.0. The summed E-state index contributed by atoms with van der Waals surface area (Å²) in [6, 6.07) is -0.623. The molecule has 1 aliphatic rings. The van der Waals surface area contributed by atoms with Crippen molar-refractivity contribution in [2.45, 2.75) is 65.1 Å². The van der Waals surface area contributed by atoms with Gasteiger partial charge in [0.2, 0.25) is 5.91 Å². The molecule has 1 fully saturated rings. The first-order chi connectivity index (χ1) is 9.90. The SMILES string of the molecule is C/C=C\C1CC(C(=O)O)NC1C(NC(C)=O)C(C)CCC. The molecule has 0 radical (unpaired) electrons. The van der Waals surface area contributed by atoms with Crippen LogP contribution in [0.5, 0.6) is 0 Å². The summed E-state index contributed by atoms with van der Waals surface area (Å²) in [5, 5.41) is 15.5. The van der Waals surface area contributed by atoms with Crippen molar-refractivity contribution in [3.05, 3.63) is 12.2 Å². The molecule has 0 aromatic carbocycles. The van der Waals surface area contributed by atoms with E-state index in [-0.39, 0.29) is 23.9 Å². The predicted molar refractivity (Wildman–Crippen MR) is 82.9 cm³/mol. The summed E-state index contributed by atoms with van der Waals surface area (Å²) in [5.74, 6) is -0.455. The lowest BCUT2D eigenvalue weighted by Gasteiger charge is -2.33. The molecule has 1 aliphatic heterocycles. The number of hydrogen-bond donors (Lipinski definition) is 3. The second kappa shape index (κ2) is 8.17. The lowest BCUT2D eigenvalue weighted by Crippen LogP contribution is -2.54. The van der Waals surface area contributed by atoms with Gasteiger partial charge in [-0.15, -0.1) is 0 Å². The minimum Gasteiger partial charge on any atom is -0.480 e. The number of amides is 1. The van der Waals surface area contributed by atoms with Crippen molar-refractivity contribution in [2.75, 3.05) is 0 Å². The monoisotopic (exact) mass is 296 g/mol. The second-order valence-corrected chi connectivity index (χ2v) is 6.00. The molecule has 0 aromatic rings. The molecule has 120 valence electrons. The van der Waals surface area contributed by atoms with Crippen LogP contribution in [0.2, 0.25) is 0 Å². The number of carbonyl (C=O) groups is 2. The van der Waals surface area contributed by atoms with E-state index in [4.69, 9.17) is 0 Å². The Morgan fingerprint density at radius 2 is 2.14 bits per heavy atom. The normalized spacial score (nSPS) is 28.5. The Bertz CT molecular complexity index is 395. The number of nitrogens with one attached hydrogen (secondary N) is 2. The van der Waals surface area contributed by atoms with E-state index in [0.717, 1.165) is 12.8 Å². The van der Waals surface area contributed by atoms with Crippen molar-refractivity contribution >= 4 is 11.9 Å². The number of allylic oxidation sites excluding steroid dienone is 1. The van der Waals surface area contributed by atoms with Crippen LogP contribution in [0.3, 0.4) is 0 Å². The molecule has 1 rings (SSSR count). The second-order valence-electron chi connectivity index (χ2n) is 6.00. The molecule has 0 aromatic heterocycles. The number of hydrogen-bond acceptors (Lipinski definition) is 3. The Kier molecular flexibility index (Phi) is 6.89. The van der Waals surface area contributed by atoms with E-state index in [0.29, 0.717) is 12.3 Å². The highest BCUT2D eigenvalue weighted by molar-refractivity contribution is 5.75. The molecule has 0 saturated carbocycles. The van der Waals surface area contributed by atoms with Crippen molar-refractivity contribution < 1.29 is 14.7 Å². The molecule has 1 amide bonds. The van der Waals surface area contributed by atoms with Crippen LogP contribution in [0.15, 0.2) is 12.2 Å².